The van der Waals surface area contributed by atoms with Crippen LogP contribution in [-0.4, -0.2) is 54.8 Å². The molecule has 1 fully saturated rings. The number of nitrogens with one attached hydrogen (secondary N) is 1. The molecule has 7 nitrogen and oxygen atoms in total. The van der Waals surface area contributed by atoms with E-state index >= 15 is 0 Å². The van der Waals surface area contributed by atoms with Crippen LogP contribution in [0.2, 0.25) is 0 Å². The molecule has 30 heavy (non-hydrogen) atoms. The van der Waals surface area contributed by atoms with Crippen LogP contribution in [0.25, 0.3) is 21.6 Å². The molecule has 1 amide bonds. The maximum Gasteiger partial charge on any atom is 0.233 e. The number of thiazole rings is 1. The second-order valence-electron chi connectivity index (χ2n) is 7.19. The summed E-state index contributed by atoms with van der Waals surface area (Å²) in [7, 11) is 0. The quantitative estimate of drug-likeness (QED) is 0.476. The van der Waals surface area contributed by atoms with E-state index < -0.39 is 0 Å². The standard InChI is InChI=1S/C21H20N6OS2/c28-18(13-29-21-24-19(25-26-21)14-7-9-22-10-8-14)27-11-3-4-15(12-27)20-23-16-5-1-2-6-17(16)30-20/h1-2,5-10,15H,3-4,11-13H2,(H,24,25,26)/t15-/m0/s1. The predicted molar refractivity (Wildman–Crippen MR) is 119 cm³/mol. The van der Waals surface area contributed by atoms with Crippen molar-refractivity contribution in [3.8, 4) is 11.4 Å². The van der Waals surface area contributed by atoms with Crippen LogP contribution in [0.1, 0.15) is 23.8 Å². The van der Waals surface area contributed by atoms with Gasteiger partial charge in [0.15, 0.2) is 5.82 Å². The molecule has 3 aromatic heterocycles. The van der Waals surface area contributed by atoms with Gasteiger partial charge < -0.3 is 4.90 Å². The van der Waals surface area contributed by atoms with E-state index in [0.717, 1.165) is 42.0 Å². The summed E-state index contributed by atoms with van der Waals surface area (Å²) in [4.78, 5) is 28.1. The Morgan fingerprint density at radius 1 is 1.20 bits per heavy atom. The summed E-state index contributed by atoms with van der Waals surface area (Å²) in [5.41, 5.74) is 1.97. The van der Waals surface area contributed by atoms with Crippen molar-refractivity contribution < 1.29 is 4.79 Å². The number of H-pyrrole nitrogens is 1. The molecular formula is C21H20N6OS2. The van der Waals surface area contributed by atoms with E-state index in [1.165, 1.54) is 16.5 Å². The Balaban J connectivity index is 1.20. The minimum atomic E-state index is 0.126. The van der Waals surface area contributed by atoms with E-state index in [0.29, 0.717) is 22.7 Å². The molecule has 0 unspecified atom stereocenters. The molecule has 0 spiro atoms. The molecule has 0 aliphatic carbocycles. The molecule has 1 aliphatic heterocycles. The van der Waals surface area contributed by atoms with Gasteiger partial charge in [-0.25, -0.2) is 9.97 Å². The second-order valence-corrected chi connectivity index (χ2v) is 9.19. The van der Waals surface area contributed by atoms with E-state index in [1.54, 1.807) is 23.7 Å². The van der Waals surface area contributed by atoms with Crippen LogP contribution >= 0.6 is 23.1 Å². The molecule has 9 heteroatoms. The lowest BCUT2D eigenvalue weighted by Gasteiger charge is -2.31. The number of fused-ring (bicyclic) bond motifs is 1. The number of amides is 1. The van der Waals surface area contributed by atoms with Crippen LogP contribution < -0.4 is 0 Å². The maximum atomic E-state index is 12.8. The normalized spacial score (nSPS) is 16.8. The van der Waals surface area contributed by atoms with Crippen LogP contribution in [0, 0.1) is 0 Å². The lowest BCUT2D eigenvalue weighted by molar-refractivity contribution is -0.129. The zero-order valence-electron chi connectivity index (χ0n) is 16.2. The lowest BCUT2D eigenvalue weighted by atomic mass is 9.99. The van der Waals surface area contributed by atoms with Crippen molar-refractivity contribution in [3.63, 3.8) is 0 Å². The fourth-order valence-electron chi connectivity index (χ4n) is 3.64. The molecule has 0 radical (unpaired) electrons. The number of pyridine rings is 1. The number of likely N-dealkylation sites (tertiary alicyclic amines) is 1. The van der Waals surface area contributed by atoms with Crippen molar-refractivity contribution in [2.45, 2.75) is 23.9 Å². The number of hydrogen-bond donors (Lipinski definition) is 1. The van der Waals surface area contributed by atoms with Gasteiger partial charge >= 0.3 is 0 Å². The minimum absolute atomic E-state index is 0.126. The third kappa shape index (κ3) is 4.08. The Bertz CT molecular complexity index is 1130. The van der Waals surface area contributed by atoms with Gasteiger partial charge in [0.2, 0.25) is 11.1 Å². The largest absolute Gasteiger partial charge is 0.341 e. The van der Waals surface area contributed by atoms with Gasteiger partial charge in [-0.1, -0.05) is 23.9 Å². The number of rotatable bonds is 5. The summed E-state index contributed by atoms with van der Waals surface area (Å²) >= 11 is 3.11. The smallest absolute Gasteiger partial charge is 0.233 e. The number of thioether (sulfide) groups is 1. The van der Waals surface area contributed by atoms with E-state index in [4.69, 9.17) is 4.98 Å². The Kier molecular flexibility index (Phi) is 5.46. The van der Waals surface area contributed by atoms with Crippen LogP contribution in [-0.2, 0) is 4.79 Å². The first-order valence-electron chi connectivity index (χ1n) is 9.85. The highest BCUT2D eigenvalue weighted by atomic mass is 32.2. The van der Waals surface area contributed by atoms with Gasteiger partial charge in [0, 0.05) is 37.0 Å². The number of carbonyl (C=O) groups is 1. The van der Waals surface area contributed by atoms with E-state index in [2.05, 4.69) is 32.3 Å². The summed E-state index contributed by atoms with van der Waals surface area (Å²) in [5.74, 6) is 1.45. The fourth-order valence-corrected chi connectivity index (χ4v) is 5.43. The number of para-hydroxylation sites is 1. The molecule has 4 aromatic rings. The summed E-state index contributed by atoms with van der Waals surface area (Å²) in [5, 5.41) is 8.86. The highest BCUT2D eigenvalue weighted by molar-refractivity contribution is 7.99. The van der Waals surface area contributed by atoms with Crippen molar-refractivity contribution in [2.75, 3.05) is 18.8 Å². The van der Waals surface area contributed by atoms with E-state index in [-0.39, 0.29) is 5.91 Å². The lowest BCUT2D eigenvalue weighted by Crippen LogP contribution is -2.40. The third-order valence-corrected chi connectivity index (χ3v) is 7.21. The van der Waals surface area contributed by atoms with E-state index in [9.17, 15) is 4.79 Å². The zero-order valence-corrected chi connectivity index (χ0v) is 17.8. The van der Waals surface area contributed by atoms with Gasteiger partial charge in [0.05, 0.1) is 21.0 Å². The number of aromatic nitrogens is 5. The first kappa shape index (κ1) is 19.2. The summed E-state index contributed by atoms with van der Waals surface area (Å²) in [6.07, 6.45) is 5.51. The molecule has 1 aromatic carbocycles. The molecule has 0 saturated carbocycles. The SMILES string of the molecule is O=C(CSc1n[nH]c(-c2ccncc2)n1)N1CCC[C@H](c2nc3ccccc3s2)C1. The molecule has 5 rings (SSSR count). The Labute approximate surface area is 182 Å². The highest BCUT2D eigenvalue weighted by Gasteiger charge is 2.27. The van der Waals surface area contributed by atoms with Crippen LogP contribution in [0.3, 0.4) is 0 Å². The molecular weight excluding hydrogens is 416 g/mol. The van der Waals surface area contributed by atoms with Crippen LogP contribution in [0.5, 0.6) is 0 Å². The fraction of sp³-hybridized carbons (Fsp3) is 0.286. The first-order chi connectivity index (χ1) is 14.8. The van der Waals surface area contributed by atoms with E-state index in [1.807, 2.05) is 29.2 Å². The summed E-state index contributed by atoms with van der Waals surface area (Å²) in [6.45, 7) is 1.53. The predicted octanol–water partition coefficient (Wildman–Crippen LogP) is 3.97. The first-order valence-corrected chi connectivity index (χ1v) is 11.7. The van der Waals surface area contributed by atoms with Crippen molar-refractivity contribution in [2.24, 2.45) is 0 Å². The van der Waals surface area contributed by atoms with Gasteiger partial charge in [-0.05, 0) is 37.1 Å². The molecule has 1 atom stereocenters. The minimum Gasteiger partial charge on any atom is -0.341 e. The zero-order chi connectivity index (χ0) is 20.3. The van der Waals surface area contributed by atoms with Crippen LogP contribution in [0.4, 0.5) is 0 Å². The molecule has 152 valence electrons. The van der Waals surface area contributed by atoms with Gasteiger partial charge in [0.1, 0.15) is 0 Å². The molecule has 1 saturated heterocycles. The van der Waals surface area contributed by atoms with Crippen LogP contribution in [0.15, 0.2) is 53.9 Å². The third-order valence-electron chi connectivity index (χ3n) is 5.18. The Morgan fingerprint density at radius 2 is 2.07 bits per heavy atom. The average molecular weight is 437 g/mol. The van der Waals surface area contributed by atoms with Gasteiger partial charge in [0.25, 0.3) is 0 Å². The monoisotopic (exact) mass is 436 g/mol. The second kappa shape index (κ2) is 8.53. The number of benzene rings is 1. The number of piperidine rings is 1. The average Bonchev–Trinajstić information content (AvgIpc) is 3.45. The van der Waals surface area contributed by atoms with Crippen molar-refractivity contribution in [3.05, 3.63) is 53.8 Å². The van der Waals surface area contributed by atoms with Gasteiger partial charge in [-0.15, -0.1) is 16.4 Å². The number of hydrogen-bond acceptors (Lipinski definition) is 7. The topological polar surface area (TPSA) is 87.7 Å². The Hall–Kier alpha value is -2.78. The summed E-state index contributed by atoms with van der Waals surface area (Å²) < 4.78 is 1.21. The van der Waals surface area contributed by atoms with Crippen molar-refractivity contribution >= 4 is 39.2 Å². The molecule has 1 N–H and O–H groups in total. The molecule has 0 bridgehead atoms. The molecule has 4 heterocycles. The Morgan fingerprint density at radius 3 is 2.93 bits per heavy atom. The maximum absolute atomic E-state index is 12.8. The molecule has 1 aliphatic rings. The van der Waals surface area contributed by atoms with Crippen molar-refractivity contribution in [1.82, 2.24) is 30.0 Å². The highest BCUT2D eigenvalue weighted by Crippen LogP contribution is 2.33. The van der Waals surface area contributed by atoms with Crippen molar-refractivity contribution in [1.29, 1.82) is 0 Å². The number of nitrogens with zero attached hydrogens (tertiary/aromatic N) is 5. The number of aromatic amines is 1. The van der Waals surface area contributed by atoms with Gasteiger partial charge in [-0.3, -0.25) is 14.9 Å². The number of carbonyl (C=O) groups excluding carboxylic acids is 1. The summed E-state index contributed by atoms with van der Waals surface area (Å²) in [6, 6.07) is 12.0. The van der Waals surface area contributed by atoms with Gasteiger partial charge in [-0.2, -0.15) is 0 Å².